The van der Waals surface area contributed by atoms with Crippen molar-refractivity contribution in [3.63, 3.8) is 0 Å². The van der Waals surface area contributed by atoms with Gasteiger partial charge in [-0.2, -0.15) is 0 Å². The average Bonchev–Trinajstić information content (AvgIpc) is 2.86. The molecule has 0 amide bonds. The van der Waals surface area contributed by atoms with Gasteiger partial charge in [-0.3, -0.25) is 0 Å². The molecule has 0 spiro atoms. The average molecular weight is 165 g/mol. The Morgan fingerprint density at radius 1 is 1.33 bits per heavy atom. The maximum Gasteiger partial charge on any atom is 0.128 e. The highest BCUT2D eigenvalue weighted by atomic mass is 19.1. The van der Waals surface area contributed by atoms with Crippen LogP contribution in [0.4, 0.5) is 4.39 Å². The Morgan fingerprint density at radius 3 is 2.50 bits per heavy atom. The summed E-state index contributed by atoms with van der Waals surface area (Å²) in [6.07, 6.45) is 2.09. The predicted molar refractivity (Wildman–Crippen MR) is 46.4 cm³/mol. The molecule has 1 N–H and O–H groups in total. The van der Waals surface area contributed by atoms with Crippen LogP contribution < -0.4 is 5.32 Å². The summed E-state index contributed by atoms with van der Waals surface area (Å²) in [5, 5.41) is 3.17. The minimum absolute atomic E-state index is 0.0503. The van der Waals surface area contributed by atoms with Gasteiger partial charge < -0.3 is 5.32 Å². The van der Waals surface area contributed by atoms with Crippen molar-refractivity contribution in [1.29, 1.82) is 0 Å². The molecule has 0 atom stereocenters. The van der Waals surface area contributed by atoms with E-state index in [-0.39, 0.29) is 11.4 Å². The molecule has 0 bridgehead atoms. The second kappa shape index (κ2) is 2.56. The Bertz CT molecular complexity index is 292. The van der Waals surface area contributed by atoms with E-state index in [1.54, 1.807) is 6.07 Å². The molecule has 2 heteroatoms. The number of halogens is 1. The Morgan fingerprint density at radius 2 is 2.00 bits per heavy atom. The van der Waals surface area contributed by atoms with Crippen molar-refractivity contribution >= 4 is 0 Å². The highest BCUT2D eigenvalue weighted by Gasteiger charge is 2.44. The van der Waals surface area contributed by atoms with Crippen molar-refractivity contribution < 1.29 is 4.39 Å². The van der Waals surface area contributed by atoms with E-state index >= 15 is 0 Å². The summed E-state index contributed by atoms with van der Waals surface area (Å²) in [7, 11) is 1.89. The Balaban J connectivity index is 2.40. The van der Waals surface area contributed by atoms with Crippen LogP contribution >= 0.6 is 0 Å². The summed E-state index contributed by atoms with van der Waals surface area (Å²) in [6.45, 7) is 0. The van der Waals surface area contributed by atoms with Crippen LogP contribution in [0.25, 0.3) is 0 Å². The third-order valence-electron chi connectivity index (χ3n) is 2.62. The van der Waals surface area contributed by atoms with Gasteiger partial charge in [-0.05, 0) is 26.0 Å². The van der Waals surface area contributed by atoms with E-state index in [9.17, 15) is 4.39 Å². The van der Waals surface area contributed by atoms with Gasteiger partial charge in [0.1, 0.15) is 5.82 Å². The molecule has 1 aliphatic carbocycles. The quantitative estimate of drug-likeness (QED) is 0.707. The molecular weight excluding hydrogens is 153 g/mol. The summed E-state index contributed by atoms with van der Waals surface area (Å²) in [5.74, 6) is -0.0932. The van der Waals surface area contributed by atoms with Gasteiger partial charge in [-0.1, -0.05) is 18.2 Å². The summed E-state index contributed by atoms with van der Waals surface area (Å²) in [4.78, 5) is 0. The molecule has 64 valence electrons. The molecule has 1 saturated carbocycles. The topological polar surface area (TPSA) is 12.0 Å². The lowest BCUT2D eigenvalue weighted by Gasteiger charge is -2.14. The molecule has 0 radical (unpaired) electrons. The highest BCUT2D eigenvalue weighted by Crippen LogP contribution is 2.45. The van der Waals surface area contributed by atoms with Crippen molar-refractivity contribution in [2.45, 2.75) is 18.4 Å². The van der Waals surface area contributed by atoms with Gasteiger partial charge in [0.05, 0.1) is 0 Å². The third-order valence-corrected chi connectivity index (χ3v) is 2.62. The molecule has 12 heavy (non-hydrogen) atoms. The molecule has 0 heterocycles. The lowest BCUT2D eigenvalue weighted by molar-refractivity contribution is 0.526. The van der Waals surface area contributed by atoms with Gasteiger partial charge in [0.2, 0.25) is 0 Å². The van der Waals surface area contributed by atoms with Crippen molar-refractivity contribution in [1.82, 2.24) is 5.32 Å². The molecule has 0 aliphatic heterocycles. The summed E-state index contributed by atoms with van der Waals surface area (Å²) >= 11 is 0. The van der Waals surface area contributed by atoms with Crippen molar-refractivity contribution in [2.24, 2.45) is 0 Å². The lowest BCUT2D eigenvalue weighted by Crippen LogP contribution is -2.25. The zero-order valence-corrected chi connectivity index (χ0v) is 7.10. The summed E-state index contributed by atoms with van der Waals surface area (Å²) < 4.78 is 13.3. The van der Waals surface area contributed by atoms with Gasteiger partial charge in [0.15, 0.2) is 0 Å². The fraction of sp³-hybridized carbons (Fsp3) is 0.400. The first-order chi connectivity index (χ1) is 5.78. The largest absolute Gasteiger partial charge is 0.310 e. The fourth-order valence-electron chi connectivity index (χ4n) is 1.63. The molecule has 1 aromatic carbocycles. The number of hydrogen-bond acceptors (Lipinski definition) is 1. The van der Waals surface area contributed by atoms with E-state index < -0.39 is 0 Å². The highest BCUT2D eigenvalue weighted by molar-refractivity contribution is 5.31. The SMILES string of the molecule is CNC1(c2ccccc2F)CC1. The van der Waals surface area contributed by atoms with Crippen molar-refractivity contribution in [3.05, 3.63) is 35.6 Å². The number of rotatable bonds is 2. The van der Waals surface area contributed by atoms with E-state index in [2.05, 4.69) is 5.32 Å². The number of hydrogen-bond donors (Lipinski definition) is 1. The van der Waals surface area contributed by atoms with Crippen LogP contribution in [0.15, 0.2) is 24.3 Å². The second-order valence-corrected chi connectivity index (χ2v) is 3.31. The van der Waals surface area contributed by atoms with E-state index in [4.69, 9.17) is 0 Å². The Kier molecular flexibility index (Phi) is 1.65. The van der Waals surface area contributed by atoms with Crippen LogP contribution in [0.3, 0.4) is 0 Å². The monoisotopic (exact) mass is 165 g/mol. The molecule has 2 rings (SSSR count). The van der Waals surface area contributed by atoms with Gasteiger partial charge in [-0.25, -0.2) is 4.39 Å². The predicted octanol–water partition coefficient (Wildman–Crippen LogP) is 2.03. The summed E-state index contributed by atoms with van der Waals surface area (Å²) in [5.41, 5.74) is 0.762. The third kappa shape index (κ3) is 1.03. The van der Waals surface area contributed by atoms with Gasteiger partial charge in [-0.15, -0.1) is 0 Å². The molecule has 1 aliphatic rings. The molecule has 0 unspecified atom stereocenters. The molecular formula is C10H12FN. The smallest absolute Gasteiger partial charge is 0.128 e. The van der Waals surface area contributed by atoms with Gasteiger partial charge in [0, 0.05) is 11.1 Å². The lowest BCUT2D eigenvalue weighted by atomic mass is 10.0. The number of benzene rings is 1. The molecule has 0 saturated heterocycles. The van der Waals surface area contributed by atoms with Crippen LogP contribution in [0.2, 0.25) is 0 Å². The standard InChI is InChI=1S/C10H12FN/c1-12-10(6-7-10)8-4-2-3-5-9(8)11/h2-5,12H,6-7H2,1H3. The Hall–Kier alpha value is -0.890. The van der Waals surface area contributed by atoms with Gasteiger partial charge >= 0.3 is 0 Å². The van der Waals surface area contributed by atoms with E-state index in [0.29, 0.717) is 0 Å². The van der Waals surface area contributed by atoms with Crippen LogP contribution in [0.1, 0.15) is 18.4 Å². The molecule has 0 aromatic heterocycles. The number of nitrogens with one attached hydrogen (secondary N) is 1. The minimum Gasteiger partial charge on any atom is -0.310 e. The first-order valence-electron chi connectivity index (χ1n) is 4.22. The minimum atomic E-state index is -0.0932. The maximum absolute atomic E-state index is 13.3. The Labute approximate surface area is 71.6 Å². The van der Waals surface area contributed by atoms with Gasteiger partial charge in [0.25, 0.3) is 0 Å². The zero-order chi connectivity index (χ0) is 8.60. The molecule has 1 nitrogen and oxygen atoms in total. The van der Waals surface area contributed by atoms with Crippen molar-refractivity contribution in [2.75, 3.05) is 7.05 Å². The zero-order valence-electron chi connectivity index (χ0n) is 7.10. The van der Waals surface area contributed by atoms with Crippen LogP contribution in [0, 0.1) is 5.82 Å². The molecule has 1 fully saturated rings. The fourth-order valence-corrected chi connectivity index (χ4v) is 1.63. The second-order valence-electron chi connectivity index (χ2n) is 3.31. The summed E-state index contributed by atoms with van der Waals surface area (Å²) in [6, 6.07) is 6.99. The maximum atomic E-state index is 13.3. The first-order valence-corrected chi connectivity index (χ1v) is 4.22. The van der Waals surface area contributed by atoms with Crippen LogP contribution in [-0.2, 0) is 5.54 Å². The van der Waals surface area contributed by atoms with E-state index in [0.717, 1.165) is 18.4 Å². The van der Waals surface area contributed by atoms with Crippen LogP contribution in [-0.4, -0.2) is 7.05 Å². The normalized spacial score (nSPS) is 19.2. The van der Waals surface area contributed by atoms with E-state index in [1.165, 1.54) is 6.07 Å². The van der Waals surface area contributed by atoms with Crippen molar-refractivity contribution in [3.8, 4) is 0 Å². The first kappa shape index (κ1) is 7.74. The van der Waals surface area contributed by atoms with E-state index in [1.807, 2.05) is 19.2 Å². The molecule has 1 aromatic rings. The van der Waals surface area contributed by atoms with Crippen LogP contribution in [0.5, 0.6) is 0 Å².